The number of likely N-dealkylation sites (tertiary alicyclic amines) is 1. The predicted molar refractivity (Wildman–Crippen MR) is 72.7 cm³/mol. The summed E-state index contributed by atoms with van der Waals surface area (Å²) in [6.07, 6.45) is -0.0831. The van der Waals surface area contributed by atoms with Crippen molar-refractivity contribution in [1.82, 2.24) is 4.90 Å². The third-order valence-corrected chi connectivity index (χ3v) is 3.26. The SMILES string of the molecule is CC(C)(C)OC(=O)N1CCC(O)(c2cccc(F)c2)C1. The maximum Gasteiger partial charge on any atom is 0.410 e. The van der Waals surface area contributed by atoms with Crippen LogP contribution in [0.15, 0.2) is 24.3 Å². The number of carbonyl (C=O) groups excluding carboxylic acids is 1. The Morgan fingerprint density at radius 2 is 2.15 bits per heavy atom. The fourth-order valence-electron chi connectivity index (χ4n) is 2.29. The molecule has 0 saturated carbocycles. The lowest BCUT2D eigenvalue weighted by atomic mass is 9.93. The fraction of sp³-hybridized carbons (Fsp3) is 0.533. The van der Waals surface area contributed by atoms with Gasteiger partial charge in [0.05, 0.1) is 6.54 Å². The summed E-state index contributed by atoms with van der Waals surface area (Å²) in [6, 6.07) is 5.85. The Bertz CT molecular complexity index is 512. The molecule has 1 N–H and O–H groups in total. The molecule has 1 aliphatic heterocycles. The van der Waals surface area contributed by atoms with Crippen LogP contribution in [0.4, 0.5) is 9.18 Å². The van der Waals surface area contributed by atoms with Crippen molar-refractivity contribution in [3.8, 4) is 0 Å². The molecule has 1 aliphatic rings. The van der Waals surface area contributed by atoms with Crippen LogP contribution in [-0.4, -0.2) is 34.8 Å². The van der Waals surface area contributed by atoms with E-state index in [0.29, 0.717) is 18.5 Å². The molecule has 1 aromatic carbocycles. The van der Waals surface area contributed by atoms with E-state index in [4.69, 9.17) is 4.74 Å². The summed E-state index contributed by atoms with van der Waals surface area (Å²) in [5.74, 6) is -0.397. The molecule has 0 aromatic heterocycles. The van der Waals surface area contributed by atoms with Crippen LogP contribution in [0.5, 0.6) is 0 Å². The Morgan fingerprint density at radius 1 is 1.45 bits per heavy atom. The molecule has 5 heteroatoms. The molecular formula is C15H20FNO3. The van der Waals surface area contributed by atoms with Crippen molar-refractivity contribution in [2.75, 3.05) is 13.1 Å². The normalized spacial score (nSPS) is 22.9. The maximum absolute atomic E-state index is 13.3. The first-order valence-electron chi connectivity index (χ1n) is 6.66. The van der Waals surface area contributed by atoms with Crippen LogP contribution in [0.3, 0.4) is 0 Å². The molecule has 1 heterocycles. The number of carbonyl (C=O) groups is 1. The Labute approximate surface area is 118 Å². The zero-order chi connectivity index (χ0) is 15.0. The highest BCUT2D eigenvalue weighted by atomic mass is 19.1. The van der Waals surface area contributed by atoms with Gasteiger partial charge in [-0.15, -0.1) is 0 Å². The predicted octanol–water partition coefficient (Wildman–Crippen LogP) is 2.65. The van der Waals surface area contributed by atoms with Crippen molar-refractivity contribution < 1.29 is 19.0 Å². The lowest BCUT2D eigenvalue weighted by molar-refractivity contribution is 0.0139. The third kappa shape index (κ3) is 3.28. The highest BCUT2D eigenvalue weighted by Crippen LogP contribution is 2.32. The van der Waals surface area contributed by atoms with Gasteiger partial charge >= 0.3 is 6.09 Å². The number of benzene rings is 1. The van der Waals surface area contributed by atoms with E-state index in [1.807, 2.05) is 0 Å². The lowest BCUT2D eigenvalue weighted by Crippen LogP contribution is -2.38. The second-order valence-electron chi connectivity index (χ2n) is 6.19. The van der Waals surface area contributed by atoms with Gasteiger partial charge in [0.1, 0.15) is 17.0 Å². The van der Waals surface area contributed by atoms with Gasteiger partial charge in [-0.05, 0) is 44.9 Å². The van der Waals surface area contributed by atoms with Gasteiger partial charge in [0.25, 0.3) is 0 Å². The molecule has 1 atom stereocenters. The number of amides is 1. The summed E-state index contributed by atoms with van der Waals surface area (Å²) in [6.45, 7) is 5.88. The van der Waals surface area contributed by atoms with Crippen molar-refractivity contribution in [2.45, 2.75) is 38.4 Å². The third-order valence-electron chi connectivity index (χ3n) is 3.26. The van der Waals surface area contributed by atoms with E-state index in [1.165, 1.54) is 17.0 Å². The second kappa shape index (κ2) is 5.05. The monoisotopic (exact) mass is 281 g/mol. The molecule has 0 radical (unpaired) electrons. The molecule has 20 heavy (non-hydrogen) atoms. The van der Waals surface area contributed by atoms with Crippen LogP contribution in [0.25, 0.3) is 0 Å². The summed E-state index contributed by atoms with van der Waals surface area (Å²) in [5, 5.41) is 10.6. The minimum absolute atomic E-state index is 0.116. The molecule has 1 aromatic rings. The first kappa shape index (κ1) is 14.8. The summed E-state index contributed by atoms with van der Waals surface area (Å²) in [4.78, 5) is 13.4. The van der Waals surface area contributed by atoms with E-state index in [1.54, 1.807) is 32.9 Å². The van der Waals surface area contributed by atoms with Crippen molar-refractivity contribution >= 4 is 6.09 Å². The van der Waals surface area contributed by atoms with Crippen molar-refractivity contribution in [2.24, 2.45) is 0 Å². The molecule has 1 amide bonds. The van der Waals surface area contributed by atoms with Crippen LogP contribution < -0.4 is 0 Å². The van der Waals surface area contributed by atoms with Crippen molar-refractivity contribution in [1.29, 1.82) is 0 Å². The topological polar surface area (TPSA) is 49.8 Å². The Balaban J connectivity index is 2.10. The average Bonchev–Trinajstić information content (AvgIpc) is 2.71. The lowest BCUT2D eigenvalue weighted by Gasteiger charge is -2.26. The van der Waals surface area contributed by atoms with Crippen molar-refractivity contribution in [3.05, 3.63) is 35.6 Å². The summed E-state index contributed by atoms with van der Waals surface area (Å²) in [7, 11) is 0. The van der Waals surface area contributed by atoms with Gasteiger partial charge in [-0.25, -0.2) is 9.18 Å². The largest absolute Gasteiger partial charge is 0.444 e. The highest BCUT2D eigenvalue weighted by Gasteiger charge is 2.41. The molecule has 110 valence electrons. The molecule has 4 nitrogen and oxygen atoms in total. The Hall–Kier alpha value is -1.62. The van der Waals surface area contributed by atoms with Gasteiger partial charge in [0.2, 0.25) is 0 Å². The van der Waals surface area contributed by atoms with Crippen LogP contribution in [0.1, 0.15) is 32.8 Å². The van der Waals surface area contributed by atoms with Crippen LogP contribution in [0, 0.1) is 5.82 Å². The van der Waals surface area contributed by atoms with E-state index < -0.39 is 23.1 Å². The van der Waals surface area contributed by atoms with Crippen LogP contribution in [0.2, 0.25) is 0 Å². The van der Waals surface area contributed by atoms with Gasteiger partial charge in [-0.1, -0.05) is 12.1 Å². The van der Waals surface area contributed by atoms with E-state index in [2.05, 4.69) is 0 Å². The number of hydrogen-bond acceptors (Lipinski definition) is 3. The quantitative estimate of drug-likeness (QED) is 0.861. The van der Waals surface area contributed by atoms with E-state index in [-0.39, 0.29) is 6.54 Å². The zero-order valence-corrected chi connectivity index (χ0v) is 12.0. The van der Waals surface area contributed by atoms with Gasteiger partial charge in [-0.2, -0.15) is 0 Å². The number of halogens is 1. The van der Waals surface area contributed by atoms with E-state index in [0.717, 1.165) is 0 Å². The summed E-state index contributed by atoms with van der Waals surface area (Å²) < 4.78 is 18.5. The summed E-state index contributed by atoms with van der Waals surface area (Å²) >= 11 is 0. The first-order chi connectivity index (χ1) is 9.20. The van der Waals surface area contributed by atoms with Crippen LogP contribution >= 0.6 is 0 Å². The van der Waals surface area contributed by atoms with Crippen molar-refractivity contribution in [3.63, 3.8) is 0 Å². The number of β-amino-alcohol motifs (C(OH)–C–C–N with tert-alkyl or cyclic N) is 1. The molecular weight excluding hydrogens is 261 g/mol. The second-order valence-corrected chi connectivity index (χ2v) is 6.19. The van der Waals surface area contributed by atoms with Gasteiger partial charge < -0.3 is 14.7 Å². The number of ether oxygens (including phenoxy) is 1. The Morgan fingerprint density at radius 3 is 2.75 bits per heavy atom. The smallest absolute Gasteiger partial charge is 0.410 e. The van der Waals surface area contributed by atoms with Crippen LogP contribution in [-0.2, 0) is 10.3 Å². The highest BCUT2D eigenvalue weighted by molar-refractivity contribution is 5.68. The summed E-state index contributed by atoms with van der Waals surface area (Å²) in [5.41, 5.74) is -1.29. The number of aliphatic hydroxyl groups is 1. The maximum atomic E-state index is 13.3. The van der Waals surface area contributed by atoms with Gasteiger partial charge in [0, 0.05) is 6.54 Å². The molecule has 1 unspecified atom stereocenters. The van der Waals surface area contributed by atoms with Gasteiger partial charge in [-0.3, -0.25) is 0 Å². The molecule has 1 fully saturated rings. The molecule has 2 rings (SSSR count). The number of nitrogens with zero attached hydrogens (tertiary/aromatic N) is 1. The Kier molecular flexibility index (Phi) is 3.73. The van der Waals surface area contributed by atoms with Gasteiger partial charge in [0.15, 0.2) is 0 Å². The minimum atomic E-state index is -1.21. The van der Waals surface area contributed by atoms with E-state index >= 15 is 0 Å². The number of hydrogen-bond donors (Lipinski definition) is 1. The fourth-order valence-corrected chi connectivity index (χ4v) is 2.29. The molecule has 0 bridgehead atoms. The minimum Gasteiger partial charge on any atom is -0.444 e. The standard InChI is InChI=1S/C15H20FNO3/c1-14(2,3)20-13(18)17-8-7-15(19,10-17)11-5-4-6-12(16)9-11/h4-6,9,19H,7-8,10H2,1-3H3. The average molecular weight is 281 g/mol. The molecule has 0 spiro atoms. The zero-order valence-electron chi connectivity index (χ0n) is 12.0. The van der Waals surface area contributed by atoms with E-state index in [9.17, 15) is 14.3 Å². The molecule has 1 saturated heterocycles. The first-order valence-corrected chi connectivity index (χ1v) is 6.66. The molecule has 0 aliphatic carbocycles. The number of rotatable bonds is 1.